The molecule has 2 aromatic rings. The SMILES string of the molecule is Cn1cc(S(=O)(=O)NCC2CCn3ccnc3C2)c(=O)n(C)c1=O. The maximum absolute atomic E-state index is 12.4. The van der Waals surface area contributed by atoms with Crippen LogP contribution < -0.4 is 16.0 Å². The van der Waals surface area contributed by atoms with Crippen molar-refractivity contribution in [2.75, 3.05) is 6.54 Å². The van der Waals surface area contributed by atoms with Crippen molar-refractivity contribution >= 4 is 10.0 Å². The Morgan fingerprint density at radius 2 is 2.08 bits per heavy atom. The van der Waals surface area contributed by atoms with Crippen LogP contribution in [0.15, 0.2) is 33.1 Å². The van der Waals surface area contributed by atoms with E-state index >= 15 is 0 Å². The van der Waals surface area contributed by atoms with Crippen LogP contribution in [0.25, 0.3) is 0 Å². The van der Waals surface area contributed by atoms with E-state index in [2.05, 4.69) is 9.71 Å². The summed E-state index contributed by atoms with van der Waals surface area (Å²) in [6, 6.07) is 0. The second-order valence-electron chi connectivity index (χ2n) is 6.00. The van der Waals surface area contributed by atoms with Crippen molar-refractivity contribution in [2.45, 2.75) is 24.3 Å². The Hall–Kier alpha value is -2.20. The summed E-state index contributed by atoms with van der Waals surface area (Å²) in [7, 11) is -1.33. The largest absolute Gasteiger partial charge is 0.335 e. The lowest BCUT2D eigenvalue weighted by molar-refractivity contribution is 0.379. The van der Waals surface area contributed by atoms with E-state index in [9.17, 15) is 18.0 Å². The first-order valence-corrected chi connectivity index (χ1v) is 9.04. The molecule has 3 heterocycles. The zero-order chi connectivity index (χ0) is 17.5. The summed E-state index contributed by atoms with van der Waals surface area (Å²) < 4.78 is 31.3. The van der Waals surface area contributed by atoms with Gasteiger partial charge in [0, 0.05) is 52.2 Å². The first kappa shape index (κ1) is 16.7. The summed E-state index contributed by atoms with van der Waals surface area (Å²) in [4.78, 5) is 27.6. The predicted octanol–water partition coefficient (Wildman–Crippen LogP) is -1.18. The van der Waals surface area contributed by atoms with Gasteiger partial charge in [0.2, 0.25) is 10.0 Å². The number of hydrogen-bond donors (Lipinski definition) is 1. The monoisotopic (exact) mass is 353 g/mol. The molecule has 0 fully saturated rings. The van der Waals surface area contributed by atoms with Gasteiger partial charge in [-0.1, -0.05) is 0 Å². The molecule has 0 saturated heterocycles. The zero-order valence-corrected chi connectivity index (χ0v) is 14.3. The molecule has 0 radical (unpaired) electrons. The first-order valence-electron chi connectivity index (χ1n) is 7.56. The molecule has 0 aromatic carbocycles. The maximum Gasteiger partial charge on any atom is 0.330 e. The van der Waals surface area contributed by atoms with Gasteiger partial charge in [0.1, 0.15) is 5.82 Å². The van der Waals surface area contributed by atoms with Gasteiger partial charge in [0.05, 0.1) is 0 Å². The van der Waals surface area contributed by atoms with E-state index in [1.54, 1.807) is 6.20 Å². The number of nitrogens with zero attached hydrogens (tertiary/aromatic N) is 4. The van der Waals surface area contributed by atoms with Crippen LogP contribution >= 0.6 is 0 Å². The maximum atomic E-state index is 12.4. The summed E-state index contributed by atoms with van der Waals surface area (Å²) in [6.45, 7) is 1.02. The Labute approximate surface area is 138 Å². The van der Waals surface area contributed by atoms with Gasteiger partial charge in [-0.25, -0.2) is 22.9 Å². The van der Waals surface area contributed by atoms with Gasteiger partial charge in [0.25, 0.3) is 5.56 Å². The lowest BCUT2D eigenvalue weighted by Crippen LogP contribution is -2.42. The molecule has 2 aromatic heterocycles. The summed E-state index contributed by atoms with van der Waals surface area (Å²) in [5.41, 5.74) is -1.40. The fourth-order valence-corrected chi connectivity index (χ4v) is 4.13. The lowest BCUT2D eigenvalue weighted by atomic mass is 9.98. The molecule has 1 aliphatic rings. The van der Waals surface area contributed by atoms with Crippen LogP contribution in [0.5, 0.6) is 0 Å². The molecule has 0 amide bonds. The van der Waals surface area contributed by atoms with Crippen molar-refractivity contribution < 1.29 is 8.42 Å². The molecule has 0 spiro atoms. The van der Waals surface area contributed by atoms with E-state index in [0.29, 0.717) is 6.42 Å². The zero-order valence-electron chi connectivity index (χ0n) is 13.5. The second-order valence-corrected chi connectivity index (χ2v) is 7.73. The highest BCUT2D eigenvalue weighted by Gasteiger charge is 2.25. The van der Waals surface area contributed by atoms with Crippen LogP contribution in [0.3, 0.4) is 0 Å². The number of sulfonamides is 1. The Kier molecular flexibility index (Phi) is 4.18. The minimum absolute atomic E-state index is 0.117. The summed E-state index contributed by atoms with van der Waals surface area (Å²) in [5.74, 6) is 1.05. The van der Waals surface area contributed by atoms with Gasteiger partial charge in [-0.15, -0.1) is 0 Å². The van der Waals surface area contributed by atoms with Gasteiger partial charge < -0.3 is 9.13 Å². The van der Waals surface area contributed by atoms with E-state index in [1.165, 1.54) is 14.1 Å². The third-order valence-corrected chi connectivity index (χ3v) is 5.72. The number of aromatic nitrogens is 4. The van der Waals surface area contributed by atoms with Crippen LogP contribution in [-0.2, 0) is 37.1 Å². The van der Waals surface area contributed by atoms with E-state index in [4.69, 9.17) is 0 Å². The van der Waals surface area contributed by atoms with Crippen molar-refractivity contribution in [2.24, 2.45) is 20.0 Å². The number of aryl methyl sites for hydroxylation is 2. The van der Waals surface area contributed by atoms with Crippen molar-refractivity contribution in [1.82, 2.24) is 23.4 Å². The topological polar surface area (TPSA) is 108 Å². The molecule has 24 heavy (non-hydrogen) atoms. The molecule has 1 unspecified atom stereocenters. The fraction of sp³-hybridized carbons (Fsp3) is 0.500. The minimum Gasteiger partial charge on any atom is -0.335 e. The Bertz CT molecular complexity index is 985. The highest BCUT2D eigenvalue weighted by molar-refractivity contribution is 7.89. The standard InChI is InChI=1S/C14H19N5O4S/c1-17-9-11(13(20)18(2)14(17)21)24(22,23)16-8-10-3-5-19-6-4-15-12(19)7-10/h4,6,9-10,16H,3,5,7-8H2,1-2H3. The molecule has 0 saturated carbocycles. The van der Waals surface area contributed by atoms with Crippen LogP contribution in [0.2, 0.25) is 0 Å². The average Bonchev–Trinajstić information content (AvgIpc) is 3.02. The average molecular weight is 353 g/mol. The fourth-order valence-electron chi connectivity index (χ4n) is 2.85. The Morgan fingerprint density at radius 1 is 1.33 bits per heavy atom. The van der Waals surface area contributed by atoms with E-state index in [-0.39, 0.29) is 12.5 Å². The molecule has 130 valence electrons. The van der Waals surface area contributed by atoms with E-state index in [0.717, 1.165) is 34.1 Å². The summed E-state index contributed by atoms with van der Waals surface area (Å²) in [5, 5.41) is 0. The van der Waals surface area contributed by atoms with Gasteiger partial charge in [-0.3, -0.25) is 9.36 Å². The number of hydrogen-bond acceptors (Lipinski definition) is 5. The first-order chi connectivity index (χ1) is 11.3. The van der Waals surface area contributed by atoms with E-state index < -0.39 is 26.2 Å². The highest BCUT2D eigenvalue weighted by atomic mass is 32.2. The molecule has 0 bridgehead atoms. The van der Waals surface area contributed by atoms with Crippen molar-refractivity contribution in [3.05, 3.63) is 45.3 Å². The Balaban J connectivity index is 1.78. The smallest absolute Gasteiger partial charge is 0.330 e. The third kappa shape index (κ3) is 2.94. The molecule has 0 aliphatic carbocycles. The van der Waals surface area contributed by atoms with Crippen molar-refractivity contribution in [1.29, 1.82) is 0 Å². The predicted molar refractivity (Wildman–Crippen MR) is 86.2 cm³/mol. The molecule has 1 aliphatic heterocycles. The quantitative estimate of drug-likeness (QED) is 0.744. The molecule has 1 N–H and O–H groups in total. The normalized spacial score (nSPS) is 17.7. The van der Waals surface area contributed by atoms with Crippen LogP contribution in [0.4, 0.5) is 0 Å². The number of fused-ring (bicyclic) bond motifs is 1. The van der Waals surface area contributed by atoms with Crippen molar-refractivity contribution in [3.8, 4) is 0 Å². The molecular formula is C14H19N5O4S. The number of rotatable bonds is 4. The third-order valence-electron chi connectivity index (χ3n) is 4.32. The minimum atomic E-state index is -3.99. The van der Waals surface area contributed by atoms with E-state index in [1.807, 2.05) is 10.8 Å². The lowest BCUT2D eigenvalue weighted by Gasteiger charge is -2.23. The van der Waals surface area contributed by atoms with Crippen LogP contribution in [-0.4, -0.2) is 33.6 Å². The molecule has 10 heteroatoms. The molecule has 3 rings (SSSR count). The van der Waals surface area contributed by atoms with Crippen molar-refractivity contribution in [3.63, 3.8) is 0 Å². The van der Waals surface area contributed by atoms with Crippen LogP contribution in [0.1, 0.15) is 12.2 Å². The van der Waals surface area contributed by atoms with Gasteiger partial charge in [-0.2, -0.15) is 0 Å². The highest BCUT2D eigenvalue weighted by Crippen LogP contribution is 2.18. The van der Waals surface area contributed by atoms with Crippen LogP contribution in [0, 0.1) is 5.92 Å². The molecular weight excluding hydrogens is 334 g/mol. The van der Waals surface area contributed by atoms with Gasteiger partial charge in [0.15, 0.2) is 4.90 Å². The number of nitrogens with one attached hydrogen (secondary N) is 1. The van der Waals surface area contributed by atoms with Gasteiger partial charge in [-0.05, 0) is 12.3 Å². The second kappa shape index (κ2) is 6.02. The van der Waals surface area contributed by atoms with Gasteiger partial charge >= 0.3 is 5.69 Å². The Morgan fingerprint density at radius 3 is 2.83 bits per heavy atom. The number of imidazole rings is 1. The molecule has 1 atom stereocenters. The summed E-state index contributed by atoms with van der Waals surface area (Å²) >= 11 is 0. The molecule has 9 nitrogen and oxygen atoms in total. The summed E-state index contributed by atoms with van der Waals surface area (Å²) in [6.07, 6.45) is 6.21.